The summed E-state index contributed by atoms with van der Waals surface area (Å²) in [5, 5.41) is 0. The topological polar surface area (TPSA) is 48.4 Å². The Labute approximate surface area is 119 Å². The van der Waals surface area contributed by atoms with Crippen LogP contribution in [-0.2, 0) is 0 Å². The molecule has 0 aliphatic heterocycles. The highest BCUT2D eigenvalue weighted by atomic mass is 79.9. The van der Waals surface area contributed by atoms with Crippen LogP contribution in [0.25, 0.3) is 0 Å². The minimum Gasteiger partial charge on any atom is -0.478 e. The molecule has 0 aliphatic carbocycles. The molecule has 19 heavy (non-hydrogen) atoms. The fourth-order valence-electron chi connectivity index (χ4n) is 1.73. The zero-order valence-corrected chi connectivity index (χ0v) is 12.1. The van der Waals surface area contributed by atoms with E-state index in [9.17, 15) is 4.39 Å². The average Bonchev–Trinajstić information content (AvgIpc) is 2.91. The first-order valence-corrected chi connectivity index (χ1v) is 6.81. The molecule has 0 fully saturated rings. The molecule has 0 spiro atoms. The van der Waals surface area contributed by atoms with E-state index in [0.717, 1.165) is 0 Å². The van der Waals surface area contributed by atoms with Gasteiger partial charge < -0.3 is 14.9 Å². The Morgan fingerprint density at radius 3 is 2.79 bits per heavy atom. The molecule has 0 aliphatic rings. The van der Waals surface area contributed by atoms with E-state index in [-0.39, 0.29) is 11.8 Å². The smallest absolute Gasteiger partial charge is 0.171 e. The predicted octanol–water partition coefficient (Wildman–Crippen LogP) is 4.04. The van der Waals surface area contributed by atoms with Crippen LogP contribution in [-0.4, -0.2) is 6.04 Å². The van der Waals surface area contributed by atoms with Crippen molar-refractivity contribution in [1.82, 2.24) is 0 Å². The van der Waals surface area contributed by atoms with E-state index in [1.165, 1.54) is 6.07 Å². The first-order chi connectivity index (χ1) is 9.11. The van der Waals surface area contributed by atoms with Crippen molar-refractivity contribution >= 4 is 15.9 Å². The molecule has 1 aromatic heterocycles. The predicted molar refractivity (Wildman–Crippen MR) is 74.4 cm³/mol. The lowest BCUT2D eigenvalue weighted by atomic mass is 10.1. The number of hydrogen-bond acceptors (Lipinski definition) is 3. The molecule has 0 saturated heterocycles. The third kappa shape index (κ3) is 3.36. The second kappa shape index (κ2) is 6.21. The third-order valence-corrected chi connectivity index (χ3v) is 3.32. The van der Waals surface area contributed by atoms with Crippen molar-refractivity contribution in [3.63, 3.8) is 0 Å². The largest absolute Gasteiger partial charge is 0.478 e. The molecule has 2 atom stereocenters. The lowest BCUT2D eigenvalue weighted by molar-refractivity contribution is 0.138. The lowest BCUT2D eigenvalue weighted by Crippen LogP contribution is -2.31. The molecule has 2 aromatic rings. The fraction of sp³-hybridized carbons (Fsp3) is 0.286. The van der Waals surface area contributed by atoms with Gasteiger partial charge in [0.1, 0.15) is 5.76 Å². The van der Waals surface area contributed by atoms with E-state index in [2.05, 4.69) is 15.9 Å². The van der Waals surface area contributed by atoms with Crippen molar-refractivity contribution in [1.29, 1.82) is 0 Å². The molecule has 0 radical (unpaired) electrons. The van der Waals surface area contributed by atoms with Crippen LogP contribution >= 0.6 is 15.9 Å². The van der Waals surface area contributed by atoms with E-state index >= 15 is 0 Å². The van der Waals surface area contributed by atoms with Gasteiger partial charge in [0, 0.05) is 10.5 Å². The Morgan fingerprint density at radius 2 is 2.21 bits per heavy atom. The summed E-state index contributed by atoms with van der Waals surface area (Å²) < 4.78 is 25.5. The van der Waals surface area contributed by atoms with Gasteiger partial charge in [0.2, 0.25) is 0 Å². The van der Waals surface area contributed by atoms with Gasteiger partial charge in [-0.25, -0.2) is 4.39 Å². The lowest BCUT2D eigenvalue weighted by Gasteiger charge is -2.22. The van der Waals surface area contributed by atoms with Crippen LogP contribution in [0.1, 0.15) is 25.2 Å². The highest BCUT2D eigenvalue weighted by Gasteiger charge is 2.24. The monoisotopic (exact) mass is 327 g/mol. The zero-order valence-electron chi connectivity index (χ0n) is 10.5. The SMILES string of the molecule is CCC(N)C(Oc1ccc(Br)cc1F)c1ccco1. The van der Waals surface area contributed by atoms with Crippen molar-refractivity contribution in [2.75, 3.05) is 0 Å². The molecule has 2 N–H and O–H groups in total. The Hall–Kier alpha value is -1.33. The van der Waals surface area contributed by atoms with Crippen LogP contribution in [0.2, 0.25) is 0 Å². The molecule has 1 heterocycles. The van der Waals surface area contributed by atoms with Gasteiger partial charge in [0.05, 0.1) is 6.26 Å². The van der Waals surface area contributed by atoms with E-state index in [4.69, 9.17) is 14.9 Å². The molecule has 5 heteroatoms. The Kier molecular flexibility index (Phi) is 4.61. The molecular formula is C14H15BrFNO2. The summed E-state index contributed by atoms with van der Waals surface area (Å²) in [7, 11) is 0. The molecule has 1 aromatic carbocycles. The maximum Gasteiger partial charge on any atom is 0.171 e. The van der Waals surface area contributed by atoms with Gasteiger partial charge in [-0.3, -0.25) is 0 Å². The molecule has 0 amide bonds. The quantitative estimate of drug-likeness (QED) is 0.901. The molecule has 0 saturated carbocycles. The molecule has 3 nitrogen and oxygen atoms in total. The molecule has 102 valence electrons. The molecular weight excluding hydrogens is 313 g/mol. The van der Waals surface area contributed by atoms with Crippen molar-refractivity contribution in [2.45, 2.75) is 25.5 Å². The van der Waals surface area contributed by atoms with Crippen LogP contribution in [0.3, 0.4) is 0 Å². The number of benzene rings is 1. The van der Waals surface area contributed by atoms with Crippen molar-refractivity contribution < 1.29 is 13.5 Å². The number of nitrogens with two attached hydrogens (primary N) is 1. The van der Waals surface area contributed by atoms with Crippen molar-refractivity contribution in [2.24, 2.45) is 5.73 Å². The second-order valence-corrected chi connectivity index (χ2v) is 5.12. The van der Waals surface area contributed by atoms with Gasteiger partial charge in [-0.15, -0.1) is 0 Å². The maximum atomic E-state index is 13.8. The van der Waals surface area contributed by atoms with Gasteiger partial charge in [0.15, 0.2) is 17.7 Å². The van der Waals surface area contributed by atoms with Gasteiger partial charge in [0.25, 0.3) is 0 Å². The normalized spacial score (nSPS) is 14.1. The fourth-order valence-corrected chi connectivity index (χ4v) is 2.06. The summed E-state index contributed by atoms with van der Waals surface area (Å²) in [5.74, 6) is 0.319. The first-order valence-electron chi connectivity index (χ1n) is 6.02. The zero-order chi connectivity index (χ0) is 13.8. The highest BCUT2D eigenvalue weighted by molar-refractivity contribution is 9.10. The van der Waals surface area contributed by atoms with E-state index in [1.807, 2.05) is 6.92 Å². The maximum absolute atomic E-state index is 13.8. The van der Waals surface area contributed by atoms with E-state index in [1.54, 1.807) is 30.5 Å². The summed E-state index contributed by atoms with van der Waals surface area (Å²) in [4.78, 5) is 0. The Balaban J connectivity index is 2.25. The van der Waals surface area contributed by atoms with Gasteiger partial charge >= 0.3 is 0 Å². The summed E-state index contributed by atoms with van der Waals surface area (Å²) in [5.41, 5.74) is 6.02. The molecule has 2 rings (SSSR count). The Bertz CT molecular complexity index is 530. The van der Waals surface area contributed by atoms with E-state index < -0.39 is 11.9 Å². The van der Waals surface area contributed by atoms with Gasteiger partial charge in [-0.1, -0.05) is 22.9 Å². The van der Waals surface area contributed by atoms with E-state index in [0.29, 0.717) is 16.7 Å². The third-order valence-electron chi connectivity index (χ3n) is 2.83. The second-order valence-electron chi connectivity index (χ2n) is 4.20. The van der Waals surface area contributed by atoms with Crippen molar-refractivity contribution in [3.8, 4) is 5.75 Å². The van der Waals surface area contributed by atoms with Gasteiger partial charge in [-0.05, 0) is 36.8 Å². The first kappa shape index (κ1) is 14.1. The standard InChI is InChI=1S/C14H15BrFNO2/c1-2-11(17)14(13-4-3-7-18-13)19-12-6-5-9(15)8-10(12)16/h3-8,11,14H,2,17H2,1H3. The van der Waals surface area contributed by atoms with Gasteiger partial charge in [-0.2, -0.15) is 0 Å². The number of hydrogen-bond donors (Lipinski definition) is 1. The van der Waals surface area contributed by atoms with Crippen LogP contribution in [0.5, 0.6) is 5.75 Å². The van der Waals surface area contributed by atoms with Crippen LogP contribution < -0.4 is 10.5 Å². The molecule has 0 bridgehead atoms. The average molecular weight is 328 g/mol. The summed E-state index contributed by atoms with van der Waals surface area (Å²) in [6.07, 6.45) is 1.74. The minimum absolute atomic E-state index is 0.161. The Morgan fingerprint density at radius 1 is 1.42 bits per heavy atom. The van der Waals surface area contributed by atoms with Crippen LogP contribution in [0.4, 0.5) is 4.39 Å². The van der Waals surface area contributed by atoms with Crippen LogP contribution in [0, 0.1) is 5.82 Å². The number of rotatable bonds is 5. The summed E-state index contributed by atoms with van der Waals surface area (Å²) >= 11 is 3.21. The summed E-state index contributed by atoms with van der Waals surface area (Å²) in [6.45, 7) is 1.95. The number of ether oxygens (including phenoxy) is 1. The minimum atomic E-state index is -0.504. The van der Waals surface area contributed by atoms with Crippen LogP contribution in [0.15, 0.2) is 45.5 Å². The highest BCUT2D eigenvalue weighted by Crippen LogP contribution is 2.29. The molecule has 2 unspecified atom stereocenters. The van der Waals surface area contributed by atoms with Crippen molar-refractivity contribution in [3.05, 3.63) is 52.6 Å². The number of halogens is 2. The summed E-state index contributed by atoms with van der Waals surface area (Å²) in [6, 6.07) is 7.90. The number of furan rings is 1.